The van der Waals surface area contributed by atoms with E-state index in [0.717, 1.165) is 10.2 Å². The number of amides is 2. The molecule has 30 heavy (non-hydrogen) atoms. The first-order valence-corrected chi connectivity index (χ1v) is 9.57. The molecule has 2 N–H and O–H groups in total. The van der Waals surface area contributed by atoms with Gasteiger partial charge in [-0.1, -0.05) is 57.2 Å². The number of nitrogens with zero attached hydrogens (tertiary/aromatic N) is 2. The van der Waals surface area contributed by atoms with Gasteiger partial charge >= 0.3 is 0 Å². The first-order valence-electron chi connectivity index (χ1n) is 9.57. The van der Waals surface area contributed by atoms with E-state index >= 15 is 0 Å². The third-order valence-electron chi connectivity index (χ3n) is 4.31. The van der Waals surface area contributed by atoms with Gasteiger partial charge in [-0.2, -0.15) is 5.10 Å². The van der Waals surface area contributed by atoms with Crippen LogP contribution in [0, 0.1) is 5.41 Å². The number of rotatable bonds is 5. The van der Waals surface area contributed by atoms with Crippen LogP contribution in [0.15, 0.2) is 71.5 Å². The zero-order chi connectivity index (χ0) is 21.7. The van der Waals surface area contributed by atoms with E-state index in [1.54, 1.807) is 30.3 Å². The van der Waals surface area contributed by atoms with E-state index in [1.807, 2.05) is 51.1 Å². The van der Waals surface area contributed by atoms with Crippen molar-refractivity contribution in [1.82, 2.24) is 9.78 Å². The summed E-state index contributed by atoms with van der Waals surface area (Å²) in [5.74, 6) is -0.520. The van der Waals surface area contributed by atoms with Crippen molar-refractivity contribution in [3.8, 4) is 11.3 Å². The molecule has 0 aliphatic rings. The number of benzene rings is 2. The second-order valence-corrected chi connectivity index (χ2v) is 7.91. The van der Waals surface area contributed by atoms with Gasteiger partial charge in [-0.3, -0.25) is 14.4 Å². The van der Waals surface area contributed by atoms with E-state index in [9.17, 15) is 14.4 Å². The Morgan fingerprint density at radius 1 is 0.900 bits per heavy atom. The Labute approximate surface area is 174 Å². The molecular weight excluding hydrogens is 380 g/mol. The van der Waals surface area contributed by atoms with E-state index < -0.39 is 11.3 Å². The number of carbonyl (C=O) groups is 2. The minimum absolute atomic E-state index is 0.126. The Balaban J connectivity index is 1.71. The number of anilines is 2. The predicted molar refractivity (Wildman–Crippen MR) is 117 cm³/mol. The first kappa shape index (κ1) is 21.0. The lowest BCUT2D eigenvalue weighted by Crippen LogP contribution is -2.29. The molecule has 0 saturated carbocycles. The molecule has 0 aliphatic heterocycles. The summed E-state index contributed by atoms with van der Waals surface area (Å²) in [6.07, 6.45) is 0. The van der Waals surface area contributed by atoms with Crippen molar-refractivity contribution in [3.63, 3.8) is 0 Å². The number of nitrogens with one attached hydrogen (secondary N) is 2. The molecular formula is C23H24N4O3. The van der Waals surface area contributed by atoms with Gasteiger partial charge in [-0.25, -0.2) is 4.68 Å². The highest BCUT2D eigenvalue weighted by atomic mass is 16.2. The summed E-state index contributed by atoms with van der Waals surface area (Å²) < 4.78 is 1.13. The minimum atomic E-state index is -0.532. The molecule has 3 rings (SSSR count). The number of aromatic nitrogens is 2. The summed E-state index contributed by atoms with van der Waals surface area (Å²) in [6.45, 7) is 5.24. The van der Waals surface area contributed by atoms with Crippen LogP contribution in [0.3, 0.4) is 0 Å². The van der Waals surface area contributed by atoms with E-state index in [2.05, 4.69) is 15.7 Å². The van der Waals surface area contributed by atoms with Gasteiger partial charge < -0.3 is 10.6 Å². The van der Waals surface area contributed by atoms with Crippen LogP contribution >= 0.6 is 0 Å². The summed E-state index contributed by atoms with van der Waals surface area (Å²) in [5.41, 5.74) is 1.66. The lowest BCUT2D eigenvalue weighted by atomic mass is 9.95. The van der Waals surface area contributed by atoms with Gasteiger partial charge in [0.2, 0.25) is 11.8 Å². The van der Waals surface area contributed by atoms with Gasteiger partial charge in [0.25, 0.3) is 5.56 Å². The average molecular weight is 404 g/mol. The SMILES string of the molecule is CC(C)(C)C(=O)Nc1cccc(NC(=O)Cn2nc(-c3ccccc3)ccc2=O)c1. The molecule has 3 aromatic rings. The van der Waals surface area contributed by atoms with Crippen molar-refractivity contribution >= 4 is 23.2 Å². The topological polar surface area (TPSA) is 93.1 Å². The van der Waals surface area contributed by atoms with Crippen LogP contribution in [0.25, 0.3) is 11.3 Å². The summed E-state index contributed by atoms with van der Waals surface area (Å²) in [7, 11) is 0. The number of hydrogen-bond donors (Lipinski definition) is 2. The third kappa shape index (κ3) is 5.41. The molecule has 0 fully saturated rings. The Hall–Kier alpha value is -3.74. The molecule has 0 spiro atoms. The van der Waals surface area contributed by atoms with Gasteiger partial charge in [-0.05, 0) is 24.3 Å². The fourth-order valence-electron chi connectivity index (χ4n) is 2.65. The highest BCUT2D eigenvalue weighted by Crippen LogP contribution is 2.20. The van der Waals surface area contributed by atoms with Crippen molar-refractivity contribution < 1.29 is 9.59 Å². The highest BCUT2D eigenvalue weighted by Gasteiger charge is 2.21. The van der Waals surface area contributed by atoms with Crippen molar-refractivity contribution in [2.75, 3.05) is 10.6 Å². The van der Waals surface area contributed by atoms with E-state index in [0.29, 0.717) is 17.1 Å². The lowest BCUT2D eigenvalue weighted by molar-refractivity contribution is -0.123. The summed E-state index contributed by atoms with van der Waals surface area (Å²) in [4.78, 5) is 36.8. The molecule has 0 atom stereocenters. The fraction of sp³-hybridized carbons (Fsp3) is 0.217. The van der Waals surface area contributed by atoms with Crippen molar-refractivity contribution in [2.45, 2.75) is 27.3 Å². The maximum atomic E-state index is 12.5. The summed E-state index contributed by atoms with van der Waals surface area (Å²) in [6, 6.07) is 19.3. The van der Waals surface area contributed by atoms with Crippen molar-refractivity contribution in [3.05, 3.63) is 77.1 Å². The molecule has 1 heterocycles. The van der Waals surface area contributed by atoms with Gasteiger partial charge in [0.1, 0.15) is 6.54 Å². The Morgan fingerprint density at radius 3 is 2.23 bits per heavy atom. The molecule has 1 aromatic heterocycles. The number of carbonyl (C=O) groups excluding carboxylic acids is 2. The van der Waals surface area contributed by atoms with E-state index in [-0.39, 0.29) is 18.0 Å². The zero-order valence-corrected chi connectivity index (χ0v) is 17.2. The molecule has 0 bridgehead atoms. The van der Waals surface area contributed by atoms with Gasteiger partial charge in [0, 0.05) is 28.4 Å². The molecule has 7 heteroatoms. The second kappa shape index (κ2) is 8.73. The molecule has 2 aromatic carbocycles. The van der Waals surface area contributed by atoms with Gasteiger partial charge in [0.05, 0.1) is 5.69 Å². The summed E-state index contributed by atoms with van der Waals surface area (Å²) in [5, 5.41) is 9.86. The molecule has 7 nitrogen and oxygen atoms in total. The molecule has 2 amide bonds. The molecule has 0 aliphatic carbocycles. The Kier molecular flexibility index (Phi) is 6.11. The zero-order valence-electron chi connectivity index (χ0n) is 17.2. The molecule has 0 radical (unpaired) electrons. The first-order chi connectivity index (χ1) is 14.2. The Bertz CT molecular complexity index is 1120. The smallest absolute Gasteiger partial charge is 0.267 e. The van der Waals surface area contributed by atoms with Gasteiger partial charge in [-0.15, -0.1) is 0 Å². The monoisotopic (exact) mass is 404 g/mol. The maximum absolute atomic E-state index is 12.5. The van der Waals surface area contributed by atoms with Crippen LogP contribution in [0.5, 0.6) is 0 Å². The van der Waals surface area contributed by atoms with E-state index in [4.69, 9.17) is 0 Å². The highest BCUT2D eigenvalue weighted by molar-refractivity contribution is 5.96. The maximum Gasteiger partial charge on any atom is 0.267 e. The molecule has 154 valence electrons. The van der Waals surface area contributed by atoms with Crippen LogP contribution < -0.4 is 16.2 Å². The van der Waals surface area contributed by atoms with Crippen LogP contribution in [-0.2, 0) is 16.1 Å². The van der Waals surface area contributed by atoms with Crippen LogP contribution in [0.1, 0.15) is 20.8 Å². The van der Waals surface area contributed by atoms with Crippen LogP contribution in [0.4, 0.5) is 11.4 Å². The normalized spacial score (nSPS) is 11.0. The standard InChI is InChI=1S/C23H24N4O3/c1-23(2,3)22(30)25-18-11-7-10-17(14-18)24-20(28)15-27-21(29)13-12-19(26-27)16-8-5-4-6-9-16/h4-14H,15H2,1-3H3,(H,24,28)(H,25,30). The van der Waals surface area contributed by atoms with Crippen LogP contribution in [-0.4, -0.2) is 21.6 Å². The van der Waals surface area contributed by atoms with Crippen LogP contribution in [0.2, 0.25) is 0 Å². The van der Waals surface area contributed by atoms with Crippen molar-refractivity contribution in [1.29, 1.82) is 0 Å². The molecule has 0 unspecified atom stereocenters. The summed E-state index contributed by atoms with van der Waals surface area (Å²) >= 11 is 0. The average Bonchev–Trinajstić information content (AvgIpc) is 2.70. The number of hydrogen-bond acceptors (Lipinski definition) is 4. The minimum Gasteiger partial charge on any atom is -0.326 e. The predicted octanol–water partition coefficient (Wildman–Crippen LogP) is 3.53. The Morgan fingerprint density at radius 2 is 1.57 bits per heavy atom. The van der Waals surface area contributed by atoms with E-state index in [1.165, 1.54) is 6.07 Å². The second-order valence-electron chi connectivity index (χ2n) is 7.91. The lowest BCUT2D eigenvalue weighted by Gasteiger charge is -2.18. The molecule has 0 saturated heterocycles. The third-order valence-corrected chi connectivity index (χ3v) is 4.31. The largest absolute Gasteiger partial charge is 0.326 e. The fourth-order valence-corrected chi connectivity index (χ4v) is 2.65. The van der Waals surface area contributed by atoms with Crippen molar-refractivity contribution in [2.24, 2.45) is 5.41 Å². The van der Waals surface area contributed by atoms with Gasteiger partial charge in [0.15, 0.2) is 0 Å². The quantitative estimate of drug-likeness (QED) is 0.680.